The number of aromatic nitrogens is 1. The zero-order valence-electron chi connectivity index (χ0n) is 19.2. The van der Waals surface area contributed by atoms with Crippen molar-refractivity contribution in [2.24, 2.45) is 5.73 Å². The summed E-state index contributed by atoms with van der Waals surface area (Å²) in [6.45, 7) is 4.94. The van der Waals surface area contributed by atoms with E-state index in [-0.39, 0.29) is 17.8 Å². The molecule has 1 aromatic heterocycles. The number of anilines is 2. The van der Waals surface area contributed by atoms with Crippen LogP contribution in [0.4, 0.5) is 15.8 Å². The summed E-state index contributed by atoms with van der Waals surface area (Å²) in [5.41, 5.74) is 12.0. The number of aryl methyl sites for hydroxylation is 1. The molecule has 1 fully saturated rings. The molecule has 1 aliphatic rings. The highest BCUT2D eigenvalue weighted by Gasteiger charge is 2.24. The number of benzene rings is 2. The molecule has 1 amide bonds. The Hall–Kier alpha value is -3.45. The molecule has 0 atom stereocenters. The second-order valence-corrected chi connectivity index (χ2v) is 8.52. The predicted octanol–water partition coefficient (Wildman–Crippen LogP) is 4.76. The van der Waals surface area contributed by atoms with Crippen LogP contribution in [0.1, 0.15) is 25.3 Å². The molecule has 1 aliphatic heterocycles. The summed E-state index contributed by atoms with van der Waals surface area (Å²) >= 11 is 0. The van der Waals surface area contributed by atoms with Gasteiger partial charge in [0.25, 0.3) is 0 Å². The van der Waals surface area contributed by atoms with Gasteiger partial charge in [0.05, 0.1) is 18.5 Å². The van der Waals surface area contributed by atoms with Gasteiger partial charge >= 0.3 is 0 Å². The first-order valence-corrected chi connectivity index (χ1v) is 11.1. The first-order chi connectivity index (χ1) is 15.9. The molecule has 0 bridgehead atoms. The van der Waals surface area contributed by atoms with Gasteiger partial charge in [0.2, 0.25) is 5.91 Å². The number of methoxy groups -OCH3 is 1. The number of carbonyl (C=O) groups excluding carboxylic acids is 1. The van der Waals surface area contributed by atoms with Crippen molar-refractivity contribution in [1.82, 2.24) is 4.98 Å². The van der Waals surface area contributed by atoms with E-state index < -0.39 is 0 Å². The topological polar surface area (TPSA) is 80.5 Å². The van der Waals surface area contributed by atoms with Crippen molar-refractivity contribution in [3.63, 3.8) is 0 Å². The second kappa shape index (κ2) is 9.58. The summed E-state index contributed by atoms with van der Waals surface area (Å²) in [7, 11) is 1.57. The van der Waals surface area contributed by atoms with Crippen molar-refractivity contribution < 1.29 is 13.9 Å². The summed E-state index contributed by atoms with van der Waals surface area (Å²) in [6, 6.07) is 10.9. The van der Waals surface area contributed by atoms with Gasteiger partial charge in [0.15, 0.2) is 0 Å². The van der Waals surface area contributed by atoms with Gasteiger partial charge in [0.1, 0.15) is 11.6 Å². The molecule has 3 N–H and O–H groups in total. The fourth-order valence-corrected chi connectivity index (χ4v) is 4.39. The number of nitrogens with zero attached hydrogens (tertiary/aromatic N) is 2. The standard InChI is InChI=1S/C26H29FN4O2/c1-16-10-19(12-20(27)11-16)23-15-29-14-22(26(23)31-8-6-21(28)7-9-31)18-4-5-25(33-3)24(13-18)30-17(2)32/h4-5,10-15,21H,6-9,28H2,1-3H3,(H,30,32). The number of carbonyl (C=O) groups is 1. The molecule has 2 aromatic carbocycles. The minimum Gasteiger partial charge on any atom is -0.495 e. The maximum Gasteiger partial charge on any atom is 0.221 e. The highest BCUT2D eigenvalue weighted by atomic mass is 19.1. The fourth-order valence-electron chi connectivity index (χ4n) is 4.39. The van der Waals surface area contributed by atoms with E-state index in [2.05, 4.69) is 15.2 Å². The van der Waals surface area contributed by atoms with Gasteiger partial charge in [-0.25, -0.2) is 4.39 Å². The Labute approximate surface area is 193 Å². The molecule has 7 heteroatoms. The zero-order chi connectivity index (χ0) is 23.5. The summed E-state index contributed by atoms with van der Waals surface area (Å²) in [4.78, 5) is 18.6. The van der Waals surface area contributed by atoms with E-state index in [0.29, 0.717) is 11.4 Å². The smallest absolute Gasteiger partial charge is 0.221 e. The summed E-state index contributed by atoms with van der Waals surface area (Å²) in [6.07, 6.45) is 5.37. The van der Waals surface area contributed by atoms with Crippen LogP contribution in [0.25, 0.3) is 22.3 Å². The number of amides is 1. The maximum absolute atomic E-state index is 14.3. The number of pyridine rings is 1. The van der Waals surface area contributed by atoms with Crippen molar-refractivity contribution in [3.05, 3.63) is 60.2 Å². The minimum atomic E-state index is -0.278. The lowest BCUT2D eigenvalue weighted by Gasteiger charge is -2.35. The third-order valence-corrected chi connectivity index (χ3v) is 5.95. The van der Waals surface area contributed by atoms with Gasteiger partial charge in [-0.1, -0.05) is 12.1 Å². The Morgan fingerprint density at radius 1 is 1.12 bits per heavy atom. The zero-order valence-corrected chi connectivity index (χ0v) is 19.2. The van der Waals surface area contributed by atoms with Crippen LogP contribution in [0.15, 0.2) is 48.8 Å². The van der Waals surface area contributed by atoms with E-state index in [0.717, 1.165) is 59.4 Å². The molecule has 3 aromatic rings. The summed E-state index contributed by atoms with van der Waals surface area (Å²) in [5, 5.41) is 2.84. The molecule has 6 nitrogen and oxygen atoms in total. The fraction of sp³-hybridized carbons (Fsp3) is 0.308. The van der Waals surface area contributed by atoms with E-state index in [1.807, 2.05) is 37.4 Å². The number of nitrogens with two attached hydrogens (primary N) is 1. The van der Waals surface area contributed by atoms with Crippen molar-refractivity contribution >= 4 is 17.3 Å². The van der Waals surface area contributed by atoms with E-state index in [1.165, 1.54) is 13.0 Å². The number of piperidine rings is 1. The molecular formula is C26H29FN4O2. The highest BCUT2D eigenvalue weighted by molar-refractivity contribution is 5.94. The number of rotatable bonds is 5. The Morgan fingerprint density at radius 2 is 1.82 bits per heavy atom. The molecule has 0 saturated carbocycles. The van der Waals surface area contributed by atoms with E-state index in [1.54, 1.807) is 19.4 Å². The van der Waals surface area contributed by atoms with Crippen LogP contribution in [0.5, 0.6) is 5.75 Å². The Balaban J connectivity index is 1.91. The van der Waals surface area contributed by atoms with Crippen LogP contribution in [0.3, 0.4) is 0 Å². The number of hydrogen-bond donors (Lipinski definition) is 2. The summed E-state index contributed by atoms with van der Waals surface area (Å²) < 4.78 is 19.7. The molecule has 2 heterocycles. The minimum absolute atomic E-state index is 0.179. The number of halogens is 1. The van der Waals surface area contributed by atoms with Gasteiger partial charge in [-0.2, -0.15) is 0 Å². The van der Waals surface area contributed by atoms with E-state index >= 15 is 0 Å². The third-order valence-electron chi connectivity index (χ3n) is 5.95. The molecule has 33 heavy (non-hydrogen) atoms. The van der Waals surface area contributed by atoms with E-state index in [4.69, 9.17) is 10.5 Å². The summed E-state index contributed by atoms with van der Waals surface area (Å²) in [5.74, 6) is 0.113. The van der Waals surface area contributed by atoms with Crippen molar-refractivity contribution in [2.45, 2.75) is 32.7 Å². The SMILES string of the molecule is COc1ccc(-c2cncc(-c3cc(C)cc(F)c3)c2N2CCC(N)CC2)cc1NC(C)=O. The molecule has 0 radical (unpaired) electrons. The van der Waals surface area contributed by atoms with Crippen molar-refractivity contribution in [1.29, 1.82) is 0 Å². The molecular weight excluding hydrogens is 419 g/mol. The average molecular weight is 449 g/mol. The number of nitrogens with one attached hydrogen (secondary N) is 1. The predicted molar refractivity (Wildman–Crippen MR) is 130 cm³/mol. The lowest BCUT2D eigenvalue weighted by molar-refractivity contribution is -0.114. The van der Waals surface area contributed by atoms with Crippen LogP contribution < -0.4 is 20.7 Å². The lowest BCUT2D eigenvalue weighted by atomic mass is 9.94. The van der Waals surface area contributed by atoms with Crippen LogP contribution in [-0.2, 0) is 4.79 Å². The van der Waals surface area contributed by atoms with E-state index in [9.17, 15) is 9.18 Å². The van der Waals surface area contributed by atoms with Gasteiger partial charge in [-0.15, -0.1) is 0 Å². The van der Waals surface area contributed by atoms with Crippen molar-refractivity contribution in [3.8, 4) is 28.0 Å². The molecule has 0 unspecified atom stereocenters. The molecule has 4 rings (SSSR count). The van der Waals surface area contributed by atoms with Crippen LogP contribution in [0, 0.1) is 12.7 Å². The normalized spacial score (nSPS) is 14.3. The lowest BCUT2D eigenvalue weighted by Crippen LogP contribution is -2.40. The second-order valence-electron chi connectivity index (χ2n) is 8.52. The average Bonchev–Trinajstić information content (AvgIpc) is 2.78. The quantitative estimate of drug-likeness (QED) is 0.588. The van der Waals surface area contributed by atoms with Crippen LogP contribution >= 0.6 is 0 Å². The van der Waals surface area contributed by atoms with Gasteiger partial charge < -0.3 is 20.7 Å². The Kier molecular flexibility index (Phi) is 6.60. The molecule has 1 saturated heterocycles. The van der Waals surface area contributed by atoms with Gasteiger partial charge in [-0.05, 0) is 60.7 Å². The highest BCUT2D eigenvalue weighted by Crippen LogP contribution is 2.42. The number of hydrogen-bond acceptors (Lipinski definition) is 5. The Morgan fingerprint density at radius 3 is 2.45 bits per heavy atom. The Bertz CT molecular complexity index is 1150. The maximum atomic E-state index is 14.3. The first kappa shape index (κ1) is 22.7. The van der Waals surface area contributed by atoms with Crippen molar-refractivity contribution in [2.75, 3.05) is 30.4 Å². The largest absolute Gasteiger partial charge is 0.495 e. The van der Waals surface area contributed by atoms with Crippen LogP contribution in [0.2, 0.25) is 0 Å². The number of ether oxygens (including phenoxy) is 1. The monoisotopic (exact) mass is 448 g/mol. The molecule has 172 valence electrons. The van der Waals surface area contributed by atoms with Gasteiger partial charge in [0, 0.05) is 49.6 Å². The molecule has 0 aliphatic carbocycles. The van der Waals surface area contributed by atoms with Gasteiger partial charge in [-0.3, -0.25) is 9.78 Å². The first-order valence-electron chi connectivity index (χ1n) is 11.1. The van der Waals surface area contributed by atoms with Crippen LogP contribution in [-0.4, -0.2) is 37.1 Å². The molecule has 0 spiro atoms. The third kappa shape index (κ3) is 4.98.